The molecule has 0 bridgehead atoms. The van der Waals surface area contributed by atoms with Crippen LogP contribution in [0.3, 0.4) is 0 Å². The van der Waals surface area contributed by atoms with E-state index < -0.39 is 31.5 Å². The summed E-state index contributed by atoms with van der Waals surface area (Å²) in [7, 11) is -1.81. The molecular formula is C33H44N4O14S. The molecule has 0 atom stereocenters. The van der Waals surface area contributed by atoms with E-state index in [-0.39, 0.29) is 75.7 Å². The molecule has 0 saturated heterocycles. The van der Waals surface area contributed by atoms with Crippen LogP contribution in [0.15, 0.2) is 53.4 Å². The Kier molecular flexibility index (Phi) is 19.1. The molecule has 4 N–H and O–H groups in total. The summed E-state index contributed by atoms with van der Waals surface area (Å²) in [6, 6.07) is 11.0. The van der Waals surface area contributed by atoms with Gasteiger partial charge in [-0.05, 0) is 25.3 Å². The molecule has 0 aliphatic carbocycles. The van der Waals surface area contributed by atoms with E-state index in [1.165, 1.54) is 31.4 Å². The maximum absolute atomic E-state index is 13.1. The van der Waals surface area contributed by atoms with E-state index in [1.54, 1.807) is 12.1 Å². The van der Waals surface area contributed by atoms with Crippen molar-refractivity contribution in [3.63, 3.8) is 0 Å². The van der Waals surface area contributed by atoms with E-state index in [4.69, 9.17) is 19.7 Å². The van der Waals surface area contributed by atoms with Crippen LogP contribution in [0.2, 0.25) is 0 Å². The molecule has 2 heterocycles. The Hall–Kier alpha value is -4.79. The van der Waals surface area contributed by atoms with Gasteiger partial charge in [0.15, 0.2) is 4.90 Å². The number of carbonyl (C=O) groups is 2. The number of nitro groups is 1. The zero-order valence-corrected chi connectivity index (χ0v) is 29.7. The lowest BCUT2D eigenvalue weighted by molar-refractivity contribution is -0.387. The molecule has 286 valence electrons. The van der Waals surface area contributed by atoms with E-state index in [0.717, 1.165) is 42.8 Å². The number of esters is 2. The monoisotopic (exact) mass is 752 g/mol. The first-order valence-corrected chi connectivity index (χ1v) is 17.4. The Labute approximate surface area is 300 Å². The third-order valence-corrected chi connectivity index (χ3v) is 9.01. The molecule has 18 nitrogen and oxygen atoms in total. The molecule has 1 aromatic carbocycles. The highest BCUT2D eigenvalue weighted by molar-refractivity contribution is 7.89. The van der Waals surface area contributed by atoms with Crippen molar-refractivity contribution in [2.45, 2.75) is 63.4 Å². The SMILES string of the molecule is COC(=O)CCCCCOc1cc(CO)nc(CO)c1.COC(=O)CCN(CCOc1cc(CO)nc(CO)c1)S(=O)(=O)c1ccccc1[N+](=O)[O-]. The van der Waals surface area contributed by atoms with E-state index in [1.807, 2.05) is 0 Å². The van der Waals surface area contributed by atoms with Gasteiger partial charge in [-0.1, -0.05) is 12.1 Å². The number of para-hydroxylation sites is 1. The standard InChI is InChI=1S/C19H23N3O9S.C14H21NO5/c1-30-19(25)6-7-21(32(28,29)18-5-3-2-4-17(18)22(26)27)8-9-31-16-10-14(12-23)20-15(11-16)13-24;1-19-14(18)5-3-2-4-6-20-13-7-11(9-16)15-12(8-13)10-17/h2-5,10-11,23-24H,6-9,12-13H2,1H3;7-8,16-17H,2-6,9-10H2,1H3. The Morgan fingerprint density at radius 3 is 1.69 bits per heavy atom. The molecule has 0 spiro atoms. The van der Waals surface area contributed by atoms with E-state index >= 15 is 0 Å². The number of nitro benzene ring substituents is 1. The molecule has 52 heavy (non-hydrogen) atoms. The van der Waals surface area contributed by atoms with Crippen LogP contribution in [0.4, 0.5) is 5.69 Å². The van der Waals surface area contributed by atoms with Gasteiger partial charge in [-0.3, -0.25) is 29.7 Å². The van der Waals surface area contributed by atoms with Gasteiger partial charge in [-0.15, -0.1) is 0 Å². The normalized spacial score (nSPS) is 11.0. The Morgan fingerprint density at radius 2 is 1.21 bits per heavy atom. The molecule has 3 rings (SSSR count). The van der Waals surface area contributed by atoms with Gasteiger partial charge in [-0.25, -0.2) is 8.42 Å². The number of aliphatic hydroxyl groups excluding tert-OH is 4. The number of rotatable bonds is 21. The number of nitrogens with zero attached hydrogens (tertiary/aromatic N) is 4. The van der Waals surface area contributed by atoms with Crippen molar-refractivity contribution in [2.24, 2.45) is 0 Å². The minimum Gasteiger partial charge on any atom is -0.493 e. The summed E-state index contributed by atoms with van der Waals surface area (Å²) in [6.07, 6.45) is 2.63. The van der Waals surface area contributed by atoms with Crippen LogP contribution in [0, 0.1) is 10.1 Å². The molecule has 0 saturated carbocycles. The third kappa shape index (κ3) is 14.4. The largest absolute Gasteiger partial charge is 0.493 e. The maximum Gasteiger partial charge on any atom is 0.306 e. The highest BCUT2D eigenvalue weighted by atomic mass is 32.2. The van der Waals surface area contributed by atoms with E-state index in [0.29, 0.717) is 30.2 Å². The fourth-order valence-electron chi connectivity index (χ4n) is 4.47. The van der Waals surface area contributed by atoms with Crippen LogP contribution in [0.25, 0.3) is 0 Å². The summed E-state index contributed by atoms with van der Waals surface area (Å²) >= 11 is 0. The van der Waals surface area contributed by atoms with E-state index in [9.17, 15) is 38.3 Å². The number of unbranched alkanes of at least 4 members (excludes halogenated alkanes) is 2. The van der Waals surface area contributed by atoms with Crippen molar-refractivity contribution in [3.8, 4) is 11.5 Å². The summed E-state index contributed by atoms with van der Waals surface area (Å²) in [4.78, 5) is 40.4. The number of aromatic nitrogens is 2. The zero-order chi connectivity index (χ0) is 38.5. The minimum atomic E-state index is -4.35. The van der Waals surface area contributed by atoms with Gasteiger partial charge in [0.1, 0.15) is 18.1 Å². The first-order valence-electron chi connectivity index (χ1n) is 16.0. The first kappa shape index (κ1) is 43.4. The number of carbonyl (C=O) groups excluding carboxylic acids is 2. The van der Waals surface area contributed by atoms with Crippen molar-refractivity contribution in [1.29, 1.82) is 0 Å². The van der Waals surface area contributed by atoms with Gasteiger partial charge in [0.25, 0.3) is 5.69 Å². The maximum atomic E-state index is 13.1. The summed E-state index contributed by atoms with van der Waals surface area (Å²) in [5.41, 5.74) is 0.850. The van der Waals surface area contributed by atoms with Crippen LogP contribution >= 0.6 is 0 Å². The lowest BCUT2D eigenvalue weighted by Crippen LogP contribution is -2.36. The van der Waals surface area contributed by atoms with Gasteiger partial charge >= 0.3 is 11.9 Å². The molecule has 0 aliphatic heterocycles. The average molecular weight is 753 g/mol. The van der Waals surface area contributed by atoms with Crippen LogP contribution in [0.1, 0.15) is 54.9 Å². The zero-order valence-electron chi connectivity index (χ0n) is 28.9. The van der Waals surface area contributed by atoms with Crippen LogP contribution in [-0.4, -0.2) is 101 Å². The molecule has 19 heteroatoms. The molecule has 0 radical (unpaired) electrons. The van der Waals surface area contributed by atoms with Gasteiger partial charge in [-0.2, -0.15) is 4.31 Å². The molecule has 3 aromatic rings. The highest BCUT2D eigenvalue weighted by Gasteiger charge is 2.31. The Morgan fingerprint density at radius 1 is 0.731 bits per heavy atom. The summed E-state index contributed by atoms with van der Waals surface area (Å²) < 4.78 is 47.4. The first-order chi connectivity index (χ1) is 24.9. The Bertz CT molecular complexity index is 1660. The fraction of sp³-hybridized carbons (Fsp3) is 0.455. The van der Waals surface area contributed by atoms with Crippen molar-refractivity contribution >= 4 is 27.6 Å². The second-order valence-corrected chi connectivity index (χ2v) is 12.6. The van der Waals surface area contributed by atoms with Crippen molar-refractivity contribution in [1.82, 2.24) is 14.3 Å². The smallest absolute Gasteiger partial charge is 0.306 e. The van der Waals surface area contributed by atoms with Gasteiger partial charge in [0.2, 0.25) is 10.0 Å². The lowest BCUT2D eigenvalue weighted by Gasteiger charge is -2.22. The highest BCUT2D eigenvalue weighted by Crippen LogP contribution is 2.26. The molecule has 2 aromatic heterocycles. The summed E-state index contributed by atoms with van der Waals surface area (Å²) in [5, 5.41) is 47.9. The van der Waals surface area contributed by atoms with Gasteiger partial charge < -0.3 is 39.4 Å². The number of pyridine rings is 2. The third-order valence-electron chi connectivity index (χ3n) is 7.06. The van der Waals surface area contributed by atoms with Gasteiger partial charge in [0, 0.05) is 49.8 Å². The fourth-order valence-corrected chi connectivity index (χ4v) is 6.05. The number of sulfonamides is 1. The quantitative estimate of drug-likeness (QED) is 0.0523. The van der Waals surface area contributed by atoms with E-state index in [2.05, 4.69) is 19.4 Å². The number of aliphatic hydroxyl groups is 4. The second-order valence-electron chi connectivity index (χ2n) is 10.7. The lowest BCUT2D eigenvalue weighted by atomic mass is 10.2. The number of benzene rings is 1. The minimum absolute atomic E-state index is 0.180. The van der Waals surface area contributed by atoms with Crippen LogP contribution in [0.5, 0.6) is 11.5 Å². The molecular weight excluding hydrogens is 708 g/mol. The summed E-state index contributed by atoms with van der Waals surface area (Å²) in [5.74, 6) is -0.0200. The number of ether oxygens (including phenoxy) is 4. The topological polar surface area (TPSA) is 258 Å². The number of methoxy groups -OCH3 is 2. The second kappa shape index (κ2) is 22.9. The predicted molar refractivity (Wildman–Crippen MR) is 182 cm³/mol. The molecule has 0 fully saturated rings. The van der Waals surface area contributed by atoms with Crippen molar-refractivity contribution in [2.75, 3.05) is 40.5 Å². The van der Waals surface area contributed by atoms with Crippen molar-refractivity contribution < 1.29 is 62.3 Å². The predicted octanol–water partition coefficient (Wildman–Crippen LogP) is 1.79. The average Bonchev–Trinajstić information content (AvgIpc) is 3.16. The van der Waals surface area contributed by atoms with Crippen LogP contribution in [-0.2, 0) is 55.5 Å². The summed E-state index contributed by atoms with van der Waals surface area (Å²) in [6.45, 7) is -1.35. The van der Waals surface area contributed by atoms with Gasteiger partial charge in [0.05, 0.1) is 81.4 Å². The van der Waals surface area contributed by atoms with Crippen LogP contribution < -0.4 is 9.47 Å². The molecule has 0 aliphatic rings. The molecule has 0 unspecified atom stereocenters. The Balaban J connectivity index is 0.000000402. The van der Waals surface area contributed by atoms with Crippen molar-refractivity contribution in [3.05, 3.63) is 81.4 Å². The number of hydrogen-bond donors (Lipinski definition) is 4. The molecule has 0 amide bonds. The number of hydrogen-bond acceptors (Lipinski definition) is 16.